The largest absolute Gasteiger partial charge is 0.343 e. The molecule has 0 saturated carbocycles. The zero-order chi connectivity index (χ0) is 10.2. The summed E-state index contributed by atoms with van der Waals surface area (Å²) >= 11 is 0. The Kier molecular flexibility index (Phi) is 5.23. The Morgan fingerprint density at radius 1 is 1.14 bits per heavy atom. The number of rotatable bonds is 6. The van der Waals surface area contributed by atoms with Crippen LogP contribution in [0.5, 0.6) is 0 Å². The van der Waals surface area contributed by atoms with E-state index in [-0.39, 0.29) is 5.82 Å². The second kappa shape index (κ2) is 6.55. The highest BCUT2D eigenvalue weighted by Crippen LogP contribution is 2.00. The molecule has 0 aromatic heterocycles. The molecule has 0 aliphatic heterocycles. The molecular formula is C12H19FN+. The molecule has 2 N–H and O–H groups in total. The van der Waals surface area contributed by atoms with Crippen LogP contribution in [0.3, 0.4) is 0 Å². The van der Waals surface area contributed by atoms with Gasteiger partial charge in [0.15, 0.2) is 0 Å². The van der Waals surface area contributed by atoms with Crippen molar-refractivity contribution in [2.45, 2.75) is 32.7 Å². The second-order valence-corrected chi connectivity index (χ2v) is 3.62. The van der Waals surface area contributed by atoms with Gasteiger partial charge in [0.1, 0.15) is 12.4 Å². The third-order valence-electron chi connectivity index (χ3n) is 2.31. The SMILES string of the molecule is CCCCC[NH2+]Cc1ccc(F)cc1. The van der Waals surface area contributed by atoms with Gasteiger partial charge in [-0.2, -0.15) is 0 Å². The Labute approximate surface area is 85.3 Å². The van der Waals surface area contributed by atoms with Crippen LogP contribution >= 0.6 is 0 Å². The summed E-state index contributed by atoms with van der Waals surface area (Å²) in [7, 11) is 0. The number of quaternary nitrogens is 1. The van der Waals surface area contributed by atoms with Gasteiger partial charge in [-0.1, -0.05) is 25.5 Å². The summed E-state index contributed by atoms with van der Waals surface area (Å²) in [6, 6.07) is 6.75. The van der Waals surface area contributed by atoms with Crippen molar-refractivity contribution in [3.63, 3.8) is 0 Å². The third-order valence-corrected chi connectivity index (χ3v) is 2.31. The summed E-state index contributed by atoms with van der Waals surface area (Å²) in [6.07, 6.45) is 3.85. The average Bonchev–Trinajstić information content (AvgIpc) is 2.21. The minimum absolute atomic E-state index is 0.153. The van der Waals surface area contributed by atoms with Crippen molar-refractivity contribution >= 4 is 0 Å². The fourth-order valence-corrected chi connectivity index (χ4v) is 1.43. The maximum Gasteiger partial charge on any atom is 0.123 e. The normalized spacial score (nSPS) is 10.4. The van der Waals surface area contributed by atoms with E-state index in [1.165, 1.54) is 43.5 Å². The van der Waals surface area contributed by atoms with Gasteiger partial charge in [0.05, 0.1) is 6.54 Å². The monoisotopic (exact) mass is 196 g/mol. The zero-order valence-corrected chi connectivity index (χ0v) is 8.80. The van der Waals surface area contributed by atoms with Gasteiger partial charge in [-0.3, -0.25) is 0 Å². The predicted molar refractivity (Wildman–Crippen MR) is 56.4 cm³/mol. The average molecular weight is 196 g/mol. The summed E-state index contributed by atoms with van der Waals surface area (Å²) in [4.78, 5) is 0. The van der Waals surface area contributed by atoms with E-state index in [0.717, 1.165) is 6.54 Å². The van der Waals surface area contributed by atoms with Crippen LogP contribution in [0.2, 0.25) is 0 Å². The summed E-state index contributed by atoms with van der Waals surface area (Å²) in [5.74, 6) is -0.153. The highest BCUT2D eigenvalue weighted by molar-refractivity contribution is 5.14. The summed E-state index contributed by atoms with van der Waals surface area (Å²) in [5.41, 5.74) is 1.20. The molecule has 0 heterocycles. The fourth-order valence-electron chi connectivity index (χ4n) is 1.43. The summed E-state index contributed by atoms with van der Waals surface area (Å²) in [6.45, 7) is 4.34. The number of unbranched alkanes of at least 4 members (excludes halogenated alkanes) is 2. The third kappa shape index (κ3) is 4.38. The molecular weight excluding hydrogens is 177 g/mol. The fraction of sp³-hybridized carbons (Fsp3) is 0.500. The summed E-state index contributed by atoms with van der Waals surface area (Å²) in [5, 5.41) is 2.28. The molecule has 2 heteroatoms. The number of hydrogen-bond acceptors (Lipinski definition) is 0. The van der Waals surface area contributed by atoms with E-state index in [1.54, 1.807) is 0 Å². The minimum Gasteiger partial charge on any atom is -0.343 e. The van der Waals surface area contributed by atoms with Crippen LogP contribution in [-0.2, 0) is 6.54 Å². The lowest BCUT2D eigenvalue weighted by Crippen LogP contribution is -2.82. The Hall–Kier alpha value is -0.890. The van der Waals surface area contributed by atoms with Crippen LogP contribution in [0.25, 0.3) is 0 Å². The minimum atomic E-state index is -0.153. The molecule has 1 aromatic carbocycles. The van der Waals surface area contributed by atoms with E-state index >= 15 is 0 Å². The van der Waals surface area contributed by atoms with Gasteiger partial charge in [-0.15, -0.1) is 0 Å². The molecule has 0 bridgehead atoms. The molecule has 78 valence electrons. The molecule has 0 atom stereocenters. The Morgan fingerprint density at radius 3 is 2.50 bits per heavy atom. The predicted octanol–water partition coefficient (Wildman–Crippen LogP) is 2.08. The van der Waals surface area contributed by atoms with E-state index in [0.29, 0.717) is 0 Å². The van der Waals surface area contributed by atoms with E-state index in [4.69, 9.17) is 0 Å². The van der Waals surface area contributed by atoms with Crippen molar-refractivity contribution in [3.05, 3.63) is 35.6 Å². The number of benzene rings is 1. The smallest absolute Gasteiger partial charge is 0.123 e. The van der Waals surface area contributed by atoms with E-state index in [1.807, 2.05) is 12.1 Å². The second-order valence-electron chi connectivity index (χ2n) is 3.62. The highest BCUT2D eigenvalue weighted by atomic mass is 19.1. The van der Waals surface area contributed by atoms with Crippen molar-refractivity contribution < 1.29 is 9.71 Å². The Balaban J connectivity index is 2.15. The Morgan fingerprint density at radius 2 is 1.86 bits per heavy atom. The van der Waals surface area contributed by atoms with Crippen molar-refractivity contribution in [1.29, 1.82) is 0 Å². The molecule has 0 radical (unpaired) electrons. The number of halogens is 1. The summed E-state index contributed by atoms with van der Waals surface area (Å²) < 4.78 is 12.6. The van der Waals surface area contributed by atoms with E-state index in [9.17, 15) is 4.39 Å². The molecule has 1 rings (SSSR count). The van der Waals surface area contributed by atoms with Crippen LogP contribution in [0.4, 0.5) is 4.39 Å². The van der Waals surface area contributed by atoms with Crippen molar-refractivity contribution in [1.82, 2.24) is 0 Å². The Bertz CT molecular complexity index is 243. The number of nitrogens with two attached hydrogens (primary N) is 1. The molecule has 14 heavy (non-hydrogen) atoms. The molecule has 0 saturated heterocycles. The molecule has 0 unspecified atom stereocenters. The van der Waals surface area contributed by atoms with Crippen molar-refractivity contribution in [2.75, 3.05) is 6.54 Å². The van der Waals surface area contributed by atoms with Gasteiger partial charge in [0.2, 0.25) is 0 Å². The molecule has 0 aliphatic rings. The van der Waals surface area contributed by atoms with Crippen LogP contribution < -0.4 is 5.32 Å². The standard InChI is InChI=1S/C12H18FN/c1-2-3-4-9-14-10-11-5-7-12(13)8-6-11/h5-8,14H,2-4,9-10H2,1H3/p+1. The molecule has 0 spiro atoms. The molecule has 1 nitrogen and oxygen atoms in total. The van der Waals surface area contributed by atoms with Gasteiger partial charge >= 0.3 is 0 Å². The maximum absolute atomic E-state index is 12.6. The first-order valence-electron chi connectivity index (χ1n) is 5.39. The van der Waals surface area contributed by atoms with Crippen molar-refractivity contribution in [2.24, 2.45) is 0 Å². The van der Waals surface area contributed by atoms with Gasteiger partial charge < -0.3 is 5.32 Å². The van der Waals surface area contributed by atoms with Crippen LogP contribution in [0.1, 0.15) is 31.7 Å². The van der Waals surface area contributed by atoms with E-state index < -0.39 is 0 Å². The molecule has 0 aliphatic carbocycles. The zero-order valence-electron chi connectivity index (χ0n) is 8.80. The van der Waals surface area contributed by atoms with Crippen LogP contribution in [0, 0.1) is 5.82 Å². The lowest BCUT2D eigenvalue weighted by molar-refractivity contribution is -0.671. The molecule has 1 aromatic rings. The van der Waals surface area contributed by atoms with Crippen LogP contribution in [0.15, 0.2) is 24.3 Å². The first kappa shape index (κ1) is 11.2. The molecule has 0 fully saturated rings. The highest BCUT2D eigenvalue weighted by Gasteiger charge is 1.95. The van der Waals surface area contributed by atoms with Gasteiger partial charge in [-0.05, 0) is 25.0 Å². The lowest BCUT2D eigenvalue weighted by atomic mass is 10.2. The van der Waals surface area contributed by atoms with E-state index in [2.05, 4.69) is 12.2 Å². The number of hydrogen-bond donors (Lipinski definition) is 1. The molecule has 0 amide bonds. The lowest BCUT2D eigenvalue weighted by Gasteiger charge is -2.01. The van der Waals surface area contributed by atoms with Gasteiger partial charge in [0.25, 0.3) is 0 Å². The van der Waals surface area contributed by atoms with Gasteiger partial charge in [0, 0.05) is 5.56 Å². The van der Waals surface area contributed by atoms with Crippen LogP contribution in [-0.4, -0.2) is 6.54 Å². The maximum atomic E-state index is 12.6. The topological polar surface area (TPSA) is 16.6 Å². The van der Waals surface area contributed by atoms with Crippen molar-refractivity contribution in [3.8, 4) is 0 Å². The van der Waals surface area contributed by atoms with Gasteiger partial charge in [-0.25, -0.2) is 4.39 Å². The first-order chi connectivity index (χ1) is 6.83. The first-order valence-corrected chi connectivity index (χ1v) is 5.39. The quantitative estimate of drug-likeness (QED) is 0.671.